The second-order valence-corrected chi connectivity index (χ2v) is 5.43. The van der Waals surface area contributed by atoms with Crippen LogP contribution in [0.1, 0.15) is 5.56 Å². The Kier molecular flexibility index (Phi) is 4.88. The van der Waals surface area contributed by atoms with E-state index < -0.39 is 5.82 Å². The smallest absolute Gasteiger partial charge is 0.251 e. The molecule has 0 aromatic heterocycles. The molecular weight excluding hydrogens is 325 g/mol. The highest BCUT2D eigenvalue weighted by Crippen LogP contribution is 2.32. The van der Waals surface area contributed by atoms with E-state index in [1.807, 2.05) is 0 Å². The molecule has 0 N–H and O–H groups in total. The first-order valence-corrected chi connectivity index (χ1v) is 7.75. The number of hydrogen-bond acceptors (Lipinski definition) is 4. The summed E-state index contributed by atoms with van der Waals surface area (Å²) in [6, 6.07) is 9.50. The van der Waals surface area contributed by atoms with Gasteiger partial charge in [-0.1, -0.05) is 0 Å². The third-order valence-electron chi connectivity index (χ3n) is 3.84. The van der Waals surface area contributed by atoms with Crippen LogP contribution < -0.4 is 19.1 Å². The first kappa shape index (κ1) is 16.8. The molecule has 130 valence electrons. The number of ether oxygens (including phenoxy) is 3. The van der Waals surface area contributed by atoms with Crippen molar-refractivity contribution in [3.05, 3.63) is 53.9 Å². The molecule has 0 saturated carbocycles. The van der Waals surface area contributed by atoms with Crippen LogP contribution in [0.2, 0.25) is 0 Å². The van der Waals surface area contributed by atoms with E-state index in [1.165, 1.54) is 18.2 Å². The van der Waals surface area contributed by atoms with Gasteiger partial charge in [-0.3, -0.25) is 4.79 Å². The van der Waals surface area contributed by atoms with E-state index in [0.29, 0.717) is 36.1 Å². The Morgan fingerprint density at radius 2 is 1.88 bits per heavy atom. The molecule has 0 radical (unpaired) electrons. The number of fused-ring (bicyclic) bond motifs is 1. The number of halogens is 1. The maximum Gasteiger partial charge on any atom is 0.251 e. The van der Waals surface area contributed by atoms with Gasteiger partial charge in [-0.15, -0.1) is 0 Å². The van der Waals surface area contributed by atoms with Crippen LogP contribution in [0, 0.1) is 5.82 Å². The predicted octanol–water partition coefficient (Wildman–Crippen LogP) is 3.28. The highest BCUT2D eigenvalue weighted by atomic mass is 19.1. The zero-order chi connectivity index (χ0) is 17.8. The number of benzene rings is 2. The lowest BCUT2D eigenvalue weighted by molar-refractivity contribution is -0.114. The summed E-state index contributed by atoms with van der Waals surface area (Å²) in [5, 5.41) is 0. The number of amides is 1. The molecule has 0 saturated heterocycles. The summed E-state index contributed by atoms with van der Waals surface area (Å²) in [7, 11) is 3.13. The van der Waals surface area contributed by atoms with E-state index in [1.54, 1.807) is 49.5 Å². The minimum Gasteiger partial charge on any atom is -0.497 e. The highest BCUT2D eigenvalue weighted by molar-refractivity contribution is 6.05. The molecule has 2 aromatic carbocycles. The molecule has 5 nitrogen and oxygen atoms in total. The molecule has 2 aromatic rings. The molecule has 0 fully saturated rings. The molecule has 1 amide bonds. The quantitative estimate of drug-likeness (QED) is 0.800. The largest absolute Gasteiger partial charge is 0.497 e. The van der Waals surface area contributed by atoms with Crippen molar-refractivity contribution >= 4 is 17.7 Å². The zero-order valence-corrected chi connectivity index (χ0v) is 14.0. The van der Waals surface area contributed by atoms with Crippen molar-refractivity contribution in [1.82, 2.24) is 0 Å². The van der Waals surface area contributed by atoms with Crippen molar-refractivity contribution in [3.8, 4) is 17.2 Å². The number of carbonyl (C=O) groups excluding carboxylic acids is 1. The SMILES string of the molecule is COc1cc(C=CC(=O)N2CCOc3cc(F)ccc32)cc(OC)c1. The topological polar surface area (TPSA) is 48.0 Å². The Balaban J connectivity index is 1.83. The van der Waals surface area contributed by atoms with Crippen molar-refractivity contribution in [3.63, 3.8) is 0 Å². The van der Waals surface area contributed by atoms with Gasteiger partial charge in [0, 0.05) is 18.2 Å². The van der Waals surface area contributed by atoms with Crippen LogP contribution in [0.15, 0.2) is 42.5 Å². The third-order valence-corrected chi connectivity index (χ3v) is 3.84. The Bertz CT molecular complexity index is 797. The van der Waals surface area contributed by atoms with Crippen LogP contribution >= 0.6 is 0 Å². The molecular formula is C19H18FNO4. The summed E-state index contributed by atoms with van der Waals surface area (Å²) in [6.45, 7) is 0.728. The number of nitrogens with zero attached hydrogens (tertiary/aromatic N) is 1. The Morgan fingerprint density at radius 1 is 1.16 bits per heavy atom. The number of rotatable bonds is 4. The summed E-state index contributed by atoms with van der Waals surface area (Å²) in [5.41, 5.74) is 1.34. The van der Waals surface area contributed by atoms with Gasteiger partial charge in [0.25, 0.3) is 5.91 Å². The fraction of sp³-hybridized carbons (Fsp3) is 0.211. The standard InChI is InChI=1S/C19H18FNO4/c1-23-15-9-13(10-16(12-15)24-2)3-6-19(22)21-7-8-25-18-11-14(20)4-5-17(18)21/h3-6,9-12H,7-8H2,1-2H3. The third kappa shape index (κ3) is 3.74. The van der Waals surface area contributed by atoms with Gasteiger partial charge in [0.2, 0.25) is 0 Å². The Hall–Kier alpha value is -3.02. The normalized spacial score (nSPS) is 13.3. The molecule has 0 atom stereocenters. The molecule has 0 bridgehead atoms. The van der Waals surface area contributed by atoms with E-state index in [9.17, 15) is 9.18 Å². The Morgan fingerprint density at radius 3 is 2.56 bits per heavy atom. The molecule has 0 unspecified atom stereocenters. The van der Waals surface area contributed by atoms with Crippen LogP contribution in [0.5, 0.6) is 17.2 Å². The van der Waals surface area contributed by atoms with Crippen molar-refractivity contribution in [2.24, 2.45) is 0 Å². The number of methoxy groups -OCH3 is 2. The van der Waals surface area contributed by atoms with E-state index in [-0.39, 0.29) is 5.91 Å². The van der Waals surface area contributed by atoms with E-state index in [4.69, 9.17) is 14.2 Å². The van der Waals surface area contributed by atoms with Gasteiger partial charge >= 0.3 is 0 Å². The van der Waals surface area contributed by atoms with E-state index >= 15 is 0 Å². The van der Waals surface area contributed by atoms with Gasteiger partial charge in [-0.05, 0) is 35.9 Å². The molecule has 0 aliphatic carbocycles. The van der Waals surface area contributed by atoms with Gasteiger partial charge in [-0.25, -0.2) is 4.39 Å². The number of anilines is 1. The fourth-order valence-electron chi connectivity index (χ4n) is 2.61. The number of hydrogen-bond donors (Lipinski definition) is 0. The van der Waals surface area contributed by atoms with Crippen LogP contribution in [0.4, 0.5) is 10.1 Å². The zero-order valence-electron chi connectivity index (χ0n) is 14.0. The predicted molar refractivity (Wildman–Crippen MR) is 92.8 cm³/mol. The van der Waals surface area contributed by atoms with Crippen molar-refractivity contribution in [2.45, 2.75) is 0 Å². The van der Waals surface area contributed by atoms with Crippen LogP contribution in [-0.4, -0.2) is 33.3 Å². The fourth-order valence-corrected chi connectivity index (χ4v) is 2.61. The maximum absolute atomic E-state index is 13.3. The second-order valence-electron chi connectivity index (χ2n) is 5.43. The van der Waals surface area contributed by atoms with Crippen LogP contribution in [0.25, 0.3) is 6.08 Å². The first-order chi connectivity index (χ1) is 12.1. The summed E-state index contributed by atoms with van der Waals surface area (Å²) in [5.74, 6) is 1.04. The lowest BCUT2D eigenvalue weighted by Gasteiger charge is -2.28. The van der Waals surface area contributed by atoms with Gasteiger partial charge in [-0.2, -0.15) is 0 Å². The summed E-state index contributed by atoms with van der Waals surface area (Å²) < 4.78 is 29.2. The van der Waals surface area contributed by atoms with E-state index in [0.717, 1.165) is 5.56 Å². The minimum atomic E-state index is -0.396. The lowest BCUT2D eigenvalue weighted by Crippen LogP contribution is -2.36. The van der Waals surface area contributed by atoms with Crippen molar-refractivity contribution in [1.29, 1.82) is 0 Å². The summed E-state index contributed by atoms with van der Waals surface area (Å²) in [4.78, 5) is 14.1. The molecule has 1 aliphatic heterocycles. The monoisotopic (exact) mass is 343 g/mol. The number of carbonyl (C=O) groups is 1. The van der Waals surface area contributed by atoms with Crippen molar-refractivity contribution < 1.29 is 23.4 Å². The Labute approximate surface area is 145 Å². The van der Waals surface area contributed by atoms with Gasteiger partial charge in [0.1, 0.15) is 29.7 Å². The molecule has 0 spiro atoms. The maximum atomic E-state index is 13.3. The van der Waals surface area contributed by atoms with Crippen LogP contribution in [0.3, 0.4) is 0 Å². The minimum absolute atomic E-state index is 0.210. The van der Waals surface area contributed by atoms with Gasteiger partial charge < -0.3 is 19.1 Å². The highest BCUT2D eigenvalue weighted by Gasteiger charge is 2.22. The average Bonchev–Trinajstić information content (AvgIpc) is 2.64. The average molecular weight is 343 g/mol. The van der Waals surface area contributed by atoms with Gasteiger partial charge in [0.05, 0.1) is 26.5 Å². The van der Waals surface area contributed by atoms with Gasteiger partial charge in [0.15, 0.2) is 0 Å². The summed E-state index contributed by atoms with van der Waals surface area (Å²) >= 11 is 0. The van der Waals surface area contributed by atoms with E-state index in [2.05, 4.69) is 0 Å². The summed E-state index contributed by atoms with van der Waals surface area (Å²) in [6.07, 6.45) is 3.15. The molecule has 1 heterocycles. The van der Waals surface area contributed by atoms with Crippen LogP contribution in [-0.2, 0) is 4.79 Å². The second kappa shape index (κ2) is 7.25. The molecule has 6 heteroatoms. The van der Waals surface area contributed by atoms with Crippen molar-refractivity contribution in [2.75, 3.05) is 32.3 Å². The lowest BCUT2D eigenvalue weighted by atomic mass is 10.1. The molecule has 1 aliphatic rings. The first-order valence-electron chi connectivity index (χ1n) is 7.75. The molecule has 3 rings (SSSR count). The molecule has 25 heavy (non-hydrogen) atoms.